The van der Waals surface area contributed by atoms with E-state index in [-0.39, 0.29) is 6.54 Å². The minimum atomic E-state index is -0.842. The molecule has 3 aromatic rings. The van der Waals surface area contributed by atoms with Crippen molar-refractivity contribution in [1.29, 1.82) is 0 Å². The Hall–Kier alpha value is -2.53. The molecule has 0 saturated heterocycles. The zero-order valence-corrected chi connectivity index (χ0v) is 11.5. The van der Waals surface area contributed by atoms with Crippen molar-refractivity contribution in [2.45, 2.75) is 19.6 Å². The molecule has 0 bridgehead atoms. The van der Waals surface area contributed by atoms with Gasteiger partial charge >= 0.3 is 5.97 Å². The fourth-order valence-corrected chi connectivity index (χ4v) is 2.47. The number of carboxylic acid groups (broad SMARTS) is 1. The number of carboxylic acids is 1. The van der Waals surface area contributed by atoms with Crippen molar-refractivity contribution in [3.8, 4) is 0 Å². The highest BCUT2D eigenvalue weighted by atomic mass is 16.4. The van der Waals surface area contributed by atoms with E-state index >= 15 is 0 Å². The summed E-state index contributed by atoms with van der Waals surface area (Å²) in [5, 5.41) is 13.4. The first kappa shape index (κ1) is 13.5. The fraction of sp³-hybridized carbons (Fsp3) is 0.188. The number of aromatic nitrogens is 1. The SMILES string of the molecule is O=C(O)Cn1cc(CNCc2ccco2)c2ccccc21. The maximum absolute atomic E-state index is 10.9. The van der Waals surface area contributed by atoms with Crippen LogP contribution in [-0.2, 0) is 24.4 Å². The van der Waals surface area contributed by atoms with Crippen LogP contribution >= 0.6 is 0 Å². The van der Waals surface area contributed by atoms with Crippen LogP contribution < -0.4 is 5.32 Å². The third-order valence-electron chi connectivity index (χ3n) is 3.37. The van der Waals surface area contributed by atoms with Gasteiger partial charge in [-0.2, -0.15) is 0 Å². The van der Waals surface area contributed by atoms with Gasteiger partial charge in [-0.1, -0.05) is 18.2 Å². The smallest absolute Gasteiger partial charge is 0.323 e. The molecule has 0 aliphatic heterocycles. The van der Waals surface area contributed by atoms with Crippen molar-refractivity contribution in [1.82, 2.24) is 9.88 Å². The number of nitrogens with one attached hydrogen (secondary N) is 1. The third kappa shape index (κ3) is 2.98. The summed E-state index contributed by atoms with van der Waals surface area (Å²) < 4.78 is 7.04. The molecule has 0 saturated carbocycles. The molecule has 2 heterocycles. The molecule has 5 heteroatoms. The number of hydrogen-bond donors (Lipinski definition) is 2. The molecule has 2 aromatic heterocycles. The molecule has 0 aliphatic carbocycles. The van der Waals surface area contributed by atoms with E-state index in [9.17, 15) is 4.79 Å². The summed E-state index contributed by atoms with van der Waals surface area (Å²) >= 11 is 0. The average Bonchev–Trinajstić information content (AvgIpc) is 3.08. The van der Waals surface area contributed by atoms with E-state index in [0.717, 1.165) is 22.2 Å². The number of rotatable bonds is 6. The average molecular weight is 284 g/mol. The molecular weight excluding hydrogens is 268 g/mol. The molecule has 21 heavy (non-hydrogen) atoms. The molecule has 0 fully saturated rings. The molecule has 5 nitrogen and oxygen atoms in total. The fourth-order valence-electron chi connectivity index (χ4n) is 2.47. The van der Waals surface area contributed by atoms with Crippen molar-refractivity contribution in [2.75, 3.05) is 0 Å². The Labute approximate surface area is 121 Å². The molecule has 3 rings (SSSR count). The van der Waals surface area contributed by atoms with Crippen LogP contribution in [0.1, 0.15) is 11.3 Å². The number of furan rings is 1. The van der Waals surface area contributed by atoms with Crippen LogP contribution in [0.3, 0.4) is 0 Å². The number of hydrogen-bond acceptors (Lipinski definition) is 3. The molecule has 0 radical (unpaired) electrons. The predicted molar refractivity (Wildman–Crippen MR) is 78.8 cm³/mol. The van der Waals surface area contributed by atoms with Gasteiger partial charge in [-0.3, -0.25) is 4.79 Å². The number of benzene rings is 1. The normalized spacial score (nSPS) is 11.0. The summed E-state index contributed by atoms with van der Waals surface area (Å²) in [6, 6.07) is 11.6. The van der Waals surface area contributed by atoms with E-state index in [1.807, 2.05) is 42.6 Å². The topological polar surface area (TPSA) is 67.4 Å². The molecule has 108 valence electrons. The molecule has 0 aliphatic rings. The number of carbonyl (C=O) groups is 1. The summed E-state index contributed by atoms with van der Waals surface area (Å²) in [5.74, 6) is 0.0371. The summed E-state index contributed by atoms with van der Waals surface area (Å²) in [5.41, 5.74) is 2.02. The highest BCUT2D eigenvalue weighted by Crippen LogP contribution is 2.21. The maximum atomic E-state index is 10.9. The Morgan fingerprint density at radius 3 is 2.81 bits per heavy atom. The van der Waals surface area contributed by atoms with Gasteiger partial charge in [-0.05, 0) is 23.8 Å². The largest absolute Gasteiger partial charge is 0.480 e. The first-order valence-corrected chi connectivity index (χ1v) is 6.75. The van der Waals surface area contributed by atoms with Crippen LogP contribution in [0.4, 0.5) is 0 Å². The first-order valence-electron chi connectivity index (χ1n) is 6.75. The van der Waals surface area contributed by atoms with E-state index in [0.29, 0.717) is 13.1 Å². The second kappa shape index (κ2) is 5.85. The van der Waals surface area contributed by atoms with Gasteiger partial charge in [0.25, 0.3) is 0 Å². The van der Waals surface area contributed by atoms with E-state index in [2.05, 4.69) is 5.32 Å². The van der Waals surface area contributed by atoms with Crippen molar-refractivity contribution >= 4 is 16.9 Å². The standard InChI is InChI=1S/C16H16N2O3/c19-16(20)11-18-10-12(14-5-1-2-6-15(14)18)8-17-9-13-4-3-7-21-13/h1-7,10,17H,8-9,11H2,(H,19,20). The van der Waals surface area contributed by atoms with Gasteiger partial charge in [-0.15, -0.1) is 0 Å². The predicted octanol–water partition coefficient (Wildman–Crippen LogP) is 2.61. The number of para-hydroxylation sites is 1. The number of fused-ring (bicyclic) bond motifs is 1. The van der Waals surface area contributed by atoms with Gasteiger partial charge in [0.05, 0.1) is 12.8 Å². The quantitative estimate of drug-likeness (QED) is 0.730. The lowest BCUT2D eigenvalue weighted by atomic mass is 10.2. The molecule has 2 N–H and O–H groups in total. The highest BCUT2D eigenvalue weighted by Gasteiger charge is 2.10. The van der Waals surface area contributed by atoms with Gasteiger partial charge in [0.2, 0.25) is 0 Å². The Kier molecular flexibility index (Phi) is 3.75. The van der Waals surface area contributed by atoms with Crippen LogP contribution in [0.2, 0.25) is 0 Å². The molecule has 0 amide bonds. The van der Waals surface area contributed by atoms with Gasteiger partial charge in [0.15, 0.2) is 0 Å². The van der Waals surface area contributed by atoms with E-state index < -0.39 is 5.97 Å². The lowest BCUT2D eigenvalue weighted by Crippen LogP contribution is -2.12. The second-order valence-electron chi connectivity index (χ2n) is 4.88. The monoisotopic (exact) mass is 284 g/mol. The highest BCUT2D eigenvalue weighted by molar-refractivity contribution is 5.85. The molecule has 0 atom stereocenters. The van der Waals surface area contributed by atoms with Crippen LogP contribution in [-0.4, -0.2) is 15.6 Å². The van der Waals surface area contributed by atoms with Gasteiger partial charge in [-0.25, -0.2) is 0 Å². The second-order valence-corrected chi connectivity index (χ2v) is 4.88. The van der Waals surface area contributed by atoms with Crippen LogP contribution in [0.5, 0.6) is 0 Å². The molecule has 0 unspecified atom stereocenters. The Morgan fingerprint density at radius 1 is 1.19 bits per heavy atom. The summed E-state index contributed by atoms with van der Waals surface area (Å²) in [7, 11) is 0. The third-order valence-corrected chi connectivity index (χ3v) is 3.37. The first-order chi connectivity index (χ1) is 10.2. The van der Waals surface area contributed by atoms with Crippen molar-refractivity contribution in [3.05, 3.63) is 60.2 Å². The van der Waals surface area contributed by atoms with Crippen molar-refractivity contribution < 1.29 is 14.3 Å². The molecule has 0 spiro atoms. The summed E-state index contributed by atoms with van der Waals surface area (Å²) in [6.07, 6.45) is 3.55. The minimum absolute atomic E-state index is 0.0291. The Balaban J connectivity index is 1.79. The van der Waals surface area contributed by atoms with Gasteiger partial charge in [0.1, 0.15) is 12.3 Å². The molecule has 1 aromatic carbocycles. The maximum Gasteiger partial charge on any atom is 0.323 e. The van der Waals surface area contributed by atoms with Crippen LogP contribution in [0.25, 0.3) is 10.9 Å². The zero-order chi connectivity index (χ0) is 14.7. The van der Waals surface area contributed by atoms with Crippen LogP contribution in [0.15, 0.2) is 53.3 Å². The minimum Gasteiger partial charge on any atom is -0.480 e. The molecular formula is C16H16N2O3. The van der Waals surface area contributed by atoms with Crippen molar-refractivity contribution in [2.24, 2.45) is 0 Å². The van der Waals surface area contributed by atoms with E-state index in [1.165, 1.54) is 0 Å². The van der Waals surface area contributed by atoms with Gasteiger partial charge < -0.3 is 19.4 Å². The van der Waals surface area contributed by atoms with Crippen molar-refractivity contribution in [3.63, 3.8) is 0 Å². The summed E-state index contributed by atoms with van der Waals surface area (Å²) in [6.45, 7) is 1.28. The van der Waals surface area contributed by atoms with E-state index in [4.69, 9.17) is 9.52 Å². The zero-order valence-electron chi connectivity index (χ0n) is 11.5. The Bertz CT molecular complexity index is 744. The summed E-state index contributed by atoms with van der Waals surface area (Å²) in [4.78, 5) is 10.9. The Morgan fingerprint density at radius 2 is 2.05 bits per heavy atom. The van der Waals surface area contributed by atoms with Gasteiger partial charge in [0, 0.05) is 23.6 Å². The van der Waals surface area contributed by atoms with E-state index in [1.54, 1.807) is 10.8 Å². The van der Waals surface area contributed by atoms with Crippen LogP contribution in [0, 0.1) is 0 Å². The lowest BCUT2D eigenvalue weighted by molar-refractivity contribution is -0.137. The number of aliphatic carboxylic acids is 1. The lowest BCUT2D eigenvalue weighted by Gasteiger charge is -2.01. The number of nitrogens with zero attached hydrogens (tertiary/aromatic N) is 1.